The number of anilines is 1. The minimum absolute atomic E-state index is 0.0650. The molecular weight excluding hydrogens is 465 g/mol. The van der Waals surface area contributed by atoms with E-state index in [2.05, 4.69) is 15.3 Å². The molecule has 11 heteroatoms. The number of nitrogens with one attached hydrogen (secondary N) is 1. The number of rotatable bonds is 7. The van der Waals surface area contributed by atoms with Crippen LogP contribution in [0, 0.1) is 12.7 Å². The van der Waals surface area contributed by atoms with Crippen molar-refractivity contribution in [3.8, 4) is 5.75 Å². The SMILES string of the molecule is Cc1nc(C(C)c2cc(Cl)c(F)c(C(=O)NCC3(O)COC3)c2OC(C)C)n2ccnc(N)c12. The topological polar surface area (TPSA) is 124 Å². The van der Waals surface area contributed by atoms with E-state index in [9.17, 15) is 9.90 Å². The summed E-state index contributed by atoms with van der Waals surface area (Å²) in [6.45, 7) is 7.32. The number of nitrogen functional groups attached to an aromatic ring is 1. The first-order valence-corrected chi connectivity index (χ1v) is 11.3. The molecule has 0 bridgehead atoms. The molecule has 1 unspecified atom stereocenters. The van der Waals surface area contributed by atoms with Gasteiger partial charge in [0.05, 0.1) is 36.6 Å². The Hall–Kier alpha value is -2.95. The molecular formula is C23H27ClFN5O4. The van der Waals surface area contributed by atoms with Crippen LogP contribution in [0.3, 0.4) is 0 Å². The zero-order chi connectivity index (χ0) is 24.8. The third-order valence-corrected chi connectivity index (χ3v) is 6.01. The second-order valence-electron chi connectivity index (χ2n) is 8.84. The molecule has 1 aliphatic heterocycles. The minimum atomic E-state index is -1.18. The van der Waals surface area contributed by atoms with Gasteiger partial charge in [-0.25, -0.2) is 14.4 Å². The fourth-order valence-electron chi connectivity index (χ4n) is 4.00. The number of fused-ring (bicyclic) bond motifs is 1. The van der Waals surface area contributed by atoms with Gasteiger partial charge >= 0.3 is 0 Å². The van der Waals surface area contributed by atoms with Crippen LogP contribution in [0.5, 0.6) is 5.75 Å². The molecule has 0 radical (unpaired) electrons. The van der Waals surface area contributed by atoms with Gasteiger partial charge in [-0.05, 0) is 26.8 Å². The maximum absolute atomic E-state index is 15.2. The highest BCUT2D eigenvalue weighted by atomic mass is 35.5. The molecule has 4 N–H and O–H groups in total. The Labute approximate surface area is 201 Å². The van der Waals surface area contributed by atoms with E-state index < -0.39 is 23.2 Å². The second kappa shape index (κ2) is 9.01. The van der Waals surface area contributed by atoms with E-state index >= 15 is 4.39 Å². The van der Waals surface area contributed by atoms with Gasteiger partial charge in [0.1, 0.15) is 34.1 Å². The number of amides is 1. The summed E-state index contributed by atoms with van der Waals surface area (Å²) in [5.74, 6) is -1.10. The molecule has 1 saturated heterocycles. The summed E-state index contributed by atoms with van der Waals surface area (Å²) < 4.78 is 28.0. The van der Waals surface area contributed by atoms with Gasteiger partial charge in [0.15, 0.2) is 5.82 Å². The first-order valence-electron chi connectivity index (χ1n) is 10.9. The molecule has 4 rings (SSSR count). The van der Waals surface area contributed by atoms with E-state index in [0.717, 1.165) is 0 Å². The van der Waals surface area contributed by atoms with Crippen molar-refractivity contribution < 1.29 is 23.8 Å². The summed E-state index contributed by atoms with van der Waals surface area (Å²) in [4.78, 5) is 21.9. The van der Waals surface area contributed by atoms with Crippen molar-refractivity contribution in [1.82, 2.24) is 19.7 Å². The van der Waals surface area contributed by atoms with Crippen LogP contribution in [-0.4, -0.2) is 56.8 Å². The lowest BCUT2D eigenvalue weighted by molar-refractivity contribution is -0.173. The summed E-state index contributed by atoms with van der Waals surface area (Å²) in [6.07, 6.45) is 2.94. The molecule has 1 atom stereocenters. The Kier molecular flexibility index (Phi) is 6.41. The smallest absolute Gasteiger partial charge is 0.258 e. The molecule has 3 heterocycles. The quantitative estimate of drug-likeness (QED) is 0.464. The predicted octanol–water partition coefficient (Wildman–Crippen LogP) is 2.84. The van der Waals surface area contributed by atoms with Gasteiger partial charge in [0.2, 0.25) is 0 Å². The zero-order valence-electron chi connectivity index (χ0n) is 19.4. The average Bonchev–Trinajstić information content (AvgIpc) is 3.10. The number of aliphatic hydroxyl groups is 1. The molecule has 1 amide bonds. The van der Waals surface area contributed by atoms with Crippen LogP contribution >= 0.6 is 11.6 Å². The molecule has 1 aromatic carbocycles. The Morgan fingerprint density at radius 3 is 2.76 bits per heavy atom. The van der Waals surface area contributed by atoms with Crippen molar-refractivity contribution in [1.29, 1.82) is 0 Å². The van der Waals surface area contributed by atoms with E-state index in [4.69, 9.17) is 26.8 Å². The van der Waals surface area contributed by atoms with E-state index in [0.29, 0.717) is 28.4 Å². The number of carbonyl (C=O) groups excluding carboxylic acids is 1. The average molecular weight is 492 g/mol. The summed E-state index contributed by atoms with van der Waals surface area (Å²) in [6, 6.07) is 1.45. The van der Waals surface area contributed by atoms with E-state index in [1.807, 2.05) is 18.2 Å². The van der Waals surface area contributed by atoms with Crippen LogP contribution in [0.4, 0.5) is 10.2 Å². The summed E-state index contributed by atoms with van der Waals surface area (Å²) in [5, 5.41) is 12.6. The van der Waals surface area contributed by atoms with Gasteiger partial charge in [-0.1, -0.05) is 18.5 Å². The third-order valence-electron chi connectivity index (χ3n) is 5.74. The van der Waals surface area contributed by atoms with Gasteiger partial charge in [-0.2, -0.15) is 0 Å². The Bertz CT molecular complexity index is 1260. The number of nitrogens with zero attached hydrogens (tertiary/aromatic N) is 3. The lowest BCUT2D eigenvalue weighted by Crippen LogP contribution is -2.57. The number of nitrogens with two attached hydrogens (primary N) is 1. The van der Waals surface area contributed by atoms with Crippen LogP contribution in [0.15, 0.2) is 18.5 Å². The number of hydrogen-bond acceptors (Lipinski definition) is 7. The summed E-state index contributed by atoms with van der Waals surface area (Å²) in [7, 11) is 0. The lowest BCUT2D eigenvalue weighted by atomic mass is 9.95. The first-order chi connectivity index (χ1) is 16.0. The lowest BCUT2D eigenvalue weighted by Gasteiger charge is -2.36. The number of imidazole rings is 1. The first kappa shape index (κ1) is 24.2. The van der Waals surface area contributed by atoms with Crippen LogP contribution < -0.4 is 15.8 Å². The molecule has 0 spiro atoms. The Morgan fingerprint density at radius 1 is 1.44 bits per heavy atom. The van der Waals surface area contributed by atoms with E-state index in [1.165, 1.54) is 6.07 Å². The fraction of sp³-hybridized carbons (Fsp3) is 0.435. The van der Waals surface area contributed by atoms with Gasteiger partial charge in [-0.3, -0.25) is 9.20 Å². The van der Waals surface area contributed by atoms with Crippen LogP contribution in [0.1, 0.15) is 54.1 Å². The number of aryl methyl sites for hydroxylation is 1. The number of carbonyl (C=O) groups is 1. The number of benzene rings is 1. The van der Waals surface area contributed by atoms with Crippen molar-refractivity contribution in [2.45, 2.75) is 45.3 Å². The maximum atomic E-state index is 15.2. The van der Waals surface area contributed by atoms with Crippen molar-refractivity contribution in [3.05, 3.63) is 51.9 Å². The van der Waals surface area contributed by atoms with Gasteiger partial charge < -0.3 is 25.6 Å². The highest BCUT2D eigenvalue weighted by Gasteiger charge is 2.37. The van der Waals surface area contributed by atoms with Crippen molar-refractivity contribution in [3.63, 3.8) is 0 Å². The highest BCUT2D eigenvalue weighted by Crippen LogP contribution is 2.40. The maximum Gasteiger partial charge on any atom is 0.258 e. The Morgan fingerprint density at radius 2 is 2.15 bits per heavy atom. The minimum Gasteiger partial charge on any atom is -0.490 e. The second-order valence-corrected chi connectivity index (χ2v) is 9.25. The van der Waals surface area contributed by atoms with Crippen molar-refractivity contribution in [2.75, 3.05) is 25.5 Å². The standard InChI is InChI=1S/C23H27ClFN5O4/c1-11(2)34-19-14(12(3)21-29-13(4)18-20(26)27-5-6-30(18)21)7-15(24)17(25)16(19)22(31)28-8-23(32)9-33-10-23/h5-7,11-12,32H,8-10H2,1-4H3,(H2,26,27)(H,28,31). The van der Waals surface area contributed by atoms with E-state index in [-0.39, 0.29) is 42.2 Å². The molecule has 3 aromatic rings. The molecule has 1 aliphatic rings. The third kappa shape index (κ3) is 4.28. The monoisotopic (exact) mass is 491 g/mol. The number of hydrogen-bond donors (Lipinski definition) is 3. The molecule has 0 aliphatic carbocycles. The summed E-state index contributed by atoms with van der Waals surface area (Å²) >= 11 is 6.24. The molecule has 2 aromatic heterocycles. The van der Waals surface area contributed by atoms with Crippen molar-refractivity contribution in [2.24, 2.45) is 0 Å². The largest absolute Gasteiger partial charge is 0.490 e. The molecule has 0 saturated carbocycles. The highest BCUT2D eigenvalue weighted by molar-refractivity contribution is 6.31. The predicted molar refractivity (Wildman–Crippen MR) is 125 cm³/mol. The molecule has 34 heavy (non-hydrogen) atoms. The summed E-state index contributed by atoms with van der Waals surface area (Å²) in [5.41, 5.74) is 6.37. The number of aromatic nitrogens is 3. The molecule has 9 nitrogen and oxygen atoms in total. The zero-order valence-corrected chi connectivity index (χ0v) is 20.1. The molecule has 1 fully saturated rings. The molecule has 182 valence electrons. The van der Waals surface area contributed by atoms with E-state index in [1.54, 1.807) is 26.2 Å². The van der Waals surface area contributed by atoms with Gasteiger partial charge in [-0.15, -0.1) is 0 Å². The Balaban J connectivity index is 1.82. The van der Waals surface area contributed by atoms with Gasteiger partial charge in [0, 0.05) is 23.9 Å². The van der Waals surface area contributed by atoms with Gasteiger partial charge in [0.25, 0.3) is 5.91 Å². The van der Waals surface area contributed by atoms with Crippen LogP contribution in [0.25, 0.3) is 5.52 Å². The number of ether oxygens (including phenoxy) is 2. The van der Waals surface area contributed by atoms with Crippen molar-refractivity contribution >= 4 is 28.8 Å². The van der Waals surface area contributed by atoms with Crippen LogP contribution in [0.2, 0.25) is 5.02 Å². The normalized spacial score (nSPS) is 15.9. The fourth-order valence-corrected chi connectivity index (χ4v) is 4.21. The van der Waals surface area contributed by atoms with Crippen LogP contribution in [-0.2, 0) is 4.74 Å². The number of halogens is 2.